The summed E-state index contributed by atoms with van der Waals surface area (Å²) in [5.41, 5.74) is 1.17. The fourth-order valence-electron chi connectivity index (χ4n) is 3.56. The normalized spacial score (nSPS) is 26.3. The molecule has 1 aromatic carbocycles. The van der Waals surface area contributed by atoms with E-state index in [1.54, 1.807) is 19.1 Å². The Balaban J connectivity index is 1.78. The molecule has 2 atom stereocenters. The van der Waals surface area contributed by atoms with E-state index in [-0.39, 0.29) is 11.7 Å². The first kappa shape index (κ1) is 12.6. The molecule has 0 spiro atoms. The molecule has 2 bridgehead atoms. The number of likely N-dealkylation sites (tertiary alicyclic amines) is 1. The summed E-state index contributed by atoms with van der Waals surface area (Å²) in [6, 6.07) is 4.67. The molecule has 1 aliphatic heterocycles. The van der Waals surface area contributed by atoms with E-state index in [9.17, 15) is 9.18 Å². The van der Waals surface area contributed by atoms with Crippen LogP contribution in [-0.2, 0) is 0 Å². The van der Waals surface area contributed by atoms with Gasteiger partial charge in [-0.2, -0.15) is 0 Å². The zero-order valence-electron chi connectivity index (χ0n) is 11.4. The second-order valence-electron chi connectivity index (χ2n) is 6.07. The SMILES string of the molecule is Cc1cc(C(=O)N2C[C@H]3CCC[C@@H](C3)C2)ccc1F. The van der Waals surface area contributed by atoms with Gasteiger partial charge in [-0.3, -0.25) is 4.79 Å². The van der Waals surface area contributed by atoms with Crippen LogP contribution in [0.4, 0.5) is 4.39 Å². The molecule has 0 unspecified atom stereocenters. The summed E-state index contributed by atoms with van der Waals surface area (Å²) in [6.45, 7) is 3.47. The highest BCUT2D eigenvalue weighted by Gasteiger charge is 2.32. The van der Waals surface area contributed by atoms with Crippen molar-refractivity contribution in [3.63, 3.8) is 0 Å². The van der Waals surface area contributed by atoms with E-state index < -0.39 is 0 Å². The Kier molecular flexibility index (Phi) is 3.29. The quantitative estimate of drug-likeness (QED) is 0.758. The van der Waals surface area contributed by atoms with E-state index in [0.29, 0.717) is 23.0 Å². The molecule has 1 amide bonds. The molecule has 2 nitrogen and oxygen atoms in total. The van der Waals surface area contributed by atoms with Crippen molar-refractivity contribution in [2.24, 2.45) is 11.8 Å². The number of hydrogen-bond donors (Lipinski definition) is 0. The predicted octanol–water partition coefficient (Wildman–Crippen LogP) is 3.40. The van der Waals surface area contributed by atoms with Gasteiger partial charge in [0.25, 0.3) is 5.91 Å². The topological polar surface area (TPSA) is 20.3 Å². The molecule has 0 radical (unpaired) electrons. The maximum absolute atomic E-state index is 13.3. The van der Waals surface area contributed by atoms with E-state index >= 15 is 0 Å². The van der Waals surface area contributed by atoms with Crippen molar-refractivity contribution >= 4 is 5.91 Å². The number of nitrogens with zero attached hydrogens (tertiary/aromatic N) is 1. The van der Waals surface area contributed by atoms with Crippen molar-refractivity contribution in [2.75, 3.05) is 13.1 Å². The lowest BCUT2D eigenvalue weighted by Crippen LogP contribution is -2.45. The minimum absolute atomic E-state index is 0.0692. The lowest BCUT2D eigenvalue weighted by atomic mass is 9.78. The number of halogens is 1. The van der Waals surface area contributed by atoms with Crippen molar-refractivity contribution in [3.05, 3.63) is 35.1 Å². The molecule has 3 rings (SSSR count). The first-order chi connectivity index (χ1) is 9.13. The molecular formula is C16H20FNO. The summed E-state index contributed by atoms with van der Waals surface area (Å²) >= 11 is 0. The largest absolute Gasteiger partial charge is 0.338 e. The number of carbonyl (C=O) groups excluding carboxylic acids is 1. The van der Waals surface area contributed by atoms with Crippen molar-refractivity contribution < 1.29 is 9.18 Å². The number of rotatable bonds is 1. The predicted molar refractivity (Wildman–Crippen MR) is 72.5 cm³/mol. The van der Waals surface area contributed by atoms with Crippen LogP contribution in [-0.4, -0.2) is 23.9 Å². The Labute approximate surface area is 113 Å². The molecule has 2 fully saturated rings. The molecule has 0 N–H and O–H groups in total. The van der Waals surface area contributed by atoms with Gasteiger partial charge in [0, 0.05) is 18.7 Å². The van der Waals surface area contributed by atoms with Crippen LogP contribution in [0, 0.1) is 24.6 Å². The van der Waals surface area contributed by atoms with Crippen LogP contribution in [0.25, 0.3) is 0 Å². The second kappa shape index (κ2) is 4.95. The number of amides is 1. The molecular weight excluding hydrogens is 241 g/mol. The van der Waals surface area contributed by atoms with E-state index in [4.69, 9.17) is 0 Å². The Morgan fingerprint density at radius 2 is 1.95 bits per heavy atom. The van der Waals surface area contributed by atoms with Gasteiger partial charge in [0.05, 0.1) is 0 Å². The average Bonchev–Trinajstić information content (AvgIpc) is 2.40. The summed E-state index contributed by atoms with van der Waals surface area (Å²) < 4.78 is 13.3. The van der Waals surface area contributed by atoms with E-state index in [2.05, 4.69) is 0 Å². The van der Waals surface area contributed by atoms with Crippen molar-refractivity contribution in [1.82, 2.24) is 4.90 Å². The van der Waals surface area contributed by atoms with Gasteiger partial charge in [-0.15, -0.1) is 0 Å². The third-order valence-corrected chi connectivity index (χ3v) is 4.54. The monoisotopic (exact) mass is 261 g/mol. The molecule has 3 heteroatoms. The maximum Gasteiger partial charge on any atom is 0.253 e. The van der Waals surface area contributed by atoms with Crippen LogP contribution in [0.15, 0.2) is 18.2 Å². The van der Waals surface area contributed by atoms with E-state index in [0.717, 1.165) is 13.1 Å². The van der Waals surface area contributed by atoms with Gasteiger partial charge in [-0.05, 0) is 61.8 Å². The molecule has 102 valence electrons. The minimum Gasteiger partial charge on any atom is -0.338 e. The number of carbonyl (C=O) groups is 1. The first-order valence-electron chi connectivity index (χ1n) is 7.19. The Bertz CT molecular complexity index is 488. The summed E-state index contributed by atoms with van der Waals surface area (Å²) in [5, 5.41) is 0. The van der Waals surface area contributed by atoms with Gasteiger partial charge in [0.1, 0.15) is 5.82 Å². The van der Waals surface area contributed by atoms with E-state index in [1.807, 2.05) is 4.90 Å². The molecule has 19 heavy (non-hydrogen) atoms. The zero-order valence-corrected chi connectivity index (χ0v) is 11.4. The van der Waals surface area contributed by atoms with E-state index in [1.165, 1.54) is 31.7 Å². The number of hydrogen-bond acceptors (Lipinski definition) is 1. The summed E-state index contributed by atoms with van der Waals surface area (Å²) in [7, 11) is 0. The van der Waals surface area contributed by atoms with Crippen molar-refractivity contribution in [3.8, 4) is 0 Å². The number of piperidine rings is 1. The van der Waals surface area contributed by atoms with Gasteiger partial charge < -0.3 is 4.90 Å². The van der Waals surface area contributed by atoms with Crippen molar-refractivity contribution in [2.45, 2.75) is 32.6 Å². The fourth-order valence-corrected chi connectivity index (χ4v) is 3.56. The highest BCUT2D eigenvalue weighted by atomic mass is 19.1. The number of fused-ring (bicyclic) bond motifs is 2. The Morgan fingerprint density at radius 3 is 2.58 bits per heavy atom. The highest BCUT2D eigenvalue weighted by molar-refractivity contribution is 5.94. The molecule has 1 heterocycles. The van der Waals surface area contributed by atoms with Gasteiger partial charge >= 0.3 is 0 Å². The third-order valence-electron chi connectivity index (χ3n) is 4.54. The van der Waals surface area contributed by atoms with Crippen LogP contribution in [0.3, 0.4) is 0 Å². The number of benzene rings is 1. The summed E-state index contributed by atoms with van der Waals surface area (Å²) in [5.74, 6) is 1.18. The zero-order chi connectivity index (χ0) is 13.4. The molecule has 1 aromatic rings. The summed E-state index contributed by atoms with van der Waals surface area (Å²) in [6.07, 6.45) is 5.10. The Hall–Kier alpha value is -1.38. The fraction of sp³-hybridized carbons (Fsp3) is 0.562. The molecule has 1 saturated carbocycles. The maximum atomic E-state index is 13.3. The van der Waals surface area contributed by atoms with Crippen molar-refractivity contribution in [1.29, 1.82) is 0 Å². The molecule has 1 saturated heterocycles. The van der Waals surface area contributed by atoms with Gasteiger partial charge in [0.2, 0.25) is 0 Å². The van der Waals surface area contributed by atoms with Crippen LogP contribution in [0.2, 0.25) is 0 Å². The smallest absolute Gasteiger partial charge is 0.253 e. The second-order valence-corrected chi connectivity index (χ2v) is 6.07. The summed E-state index contributed by atoms with van der Waals surface area (Å²) in [4.78, 5) is 14.5. The molecule has 0 aromatic heterocycles. The van der Waals surface area contributed by atoms with Crippen LogP contribution in [0.1, 0.15) is 41.6 Å². The van der Waals surface area contributed by atoms with Crippen LogP contribution in [0.5, 0.6) is 0 Å². The van der Waals surface area contributed by atoms with Gasteiger partial charge in [0.15, 0.2) is 0 Å². The standard InChI is InChI=1S/C16H20FNO/c1-11-7-14(5-6-15(11)17)16(19)18-9-12-3-2-4-13(8-12)10-18/h5-7,12-13H,2-4,8-10H2,1H3/t12-,13-/m0/s1. The van der Waals surface area contributed by atoms with Gasteiger partial charge in [-0.25, -0.2) is 4.39 Å². The minimum atomic E-state index is -0.243. The lowest BCUT2D eigenvalue weighted by molar-refractivity contribution is 0.0504. The van der Waals surface area contributed by atoms with Crippen LogP contribution >= 0.6 is 0 Å². The first-order valence-corrected chi connectivity index (χ1v) is 7.19. The molecule has 1 aliphatic carbocycles. The molecule has 2 aliphatic rings. The van der Waals surface area contributed by atoms with Gasteiger partial charge in [-0.1, -0.05) is 6.42 Å². The lowest BCUT2D eigenvalue weighted by Gasteiger charge is -2.41. The third kappa shape index (κ3) is 2.51. The van der Waals surface area contributed by atoms with Crippen LogP contribution < -0.4 is 0 Å². The number of aryl methyl sites for hydroxylation is 1. The average molecular weight is 261 g/mol. The highest BCUT2D eigenvalue weighted by Crippen LogP contribution is 2.34. The Morgan fingerprint density at radius 1 is 1.26 bits per heavy atom.